The van der Waals surface area contributed by atoms with Gasteiger partial charge in [-0.25, -0.2) is 8.78 Å². The first-order chi connectivity index (χ1) is 24.0. The van der Waals surface area contributed by atoms with Crippen LogP contribution in [-0.2, 0) is 0 Å². The molecule has 1 aliphatic carbocycles. The van der Waals surface area contributed by atoms with Crippen LogP contribution < -0.4 is 18.9 Å². The minimum absolute atomic E-state index is 0.286. The fraction of sp³-hybridized carbons (Fsp3) is 0.125. The van der Waals surface area contributed by atoms with Crippen molar-refractivity contribution in [3.05, 3.63) is 89.0 Å². The molecule has 0 N–H and O–H groups in total. The number of rotatable bonds is 6. The zero-order chi connectivity index (χ0) is 38.6. The van der Waals surface area contributed by atoms with Crippen molar-refractivity contribution in [3.8, 4) is 68.5 Å². The van der Waals surface area contributed by atoms with Crippen molar-refractivity contribution in [1.82, 2.24) is 0 Å². The van der Waals surface area contributed by atoms with Crippen molar-refractivity contribution in [2.24, 2.45) is 0 Å². The van der Waals surface area contributed by atoms with Crippen molar-refractivity contribution in [1.29, 1.82) is 10.5 Å². The first kappa shape index (κ1) is 37.1. The molecule has 52 heavy (non-hydrogen) atoms. The minimum atomic E-state index is -5.49. The molecule has 270 valence electrons. The topological polar surface area (TPSA) is 84.5 Å². The predicted octanol–water partition coefficient (Wildman–Crippen LogP) is 10.7. The van der Waals surface area contributed by atoms with E-state index in [1.807, 2.05) is 0 Å². The maximum absolute atomic E-state index is 14.7. The van der Waals surface area contributed by atoms with Crippen LogP contribution in [0.15, 0.2) is 66.2 Å². The summed E-state index contributed by atoms with van der Waals surface area (Å²) in [4.78, 5) is 0. The van der Waals surface area contributed by atoms with Crippen LogP contribution in [0.4, 0.5) is 61.5 Å². The molecule has 0 unspecified atom stereocenters. The number of hydrogen-bond donors (Lipinski definition) is 0. The molecule has 0 aromatic heterocycles. The molecule has 1 aliphatic rings. The highest BCUT2D eigenvalue weighted by Crippen LogP contribution is 2.53. The third-order valence-corrected chi connectivity index (χ3v) is 6.93. The molecule has 0 bridgehead atoms. The SMILES string of the molecule is N#CC(C#N)=C1c2cc(OC(F)(F)F)c(-c3ccc(OC(F)(F)F)c(F)c3)cc2-c2cc(-c3ccc(OC(F)(F)F)c(F)c3)c(OC(F)(F)F)cc21. The molecule has 4 aromatic carbocycles. The van der Waals surface area contributed by atoms with Gasteiger partial charge in [0, 0.05) is 16.7 Å². The van der Waals surface area contributed by atoms with E-state index in [-0.39, 0.29) is 11.1 Å². The monoisotopic (exact) mass is 752 g/mol. The summed E-state index contributed by atoms with van der Waals surface area (Å²) in [5, 5.41) is 19.3. The summed E-state index contributed by atoms with van der Waals surface area (Å²) >= 11 is 0. The fourth-order valence-electron chi connectivity index (χ4n) is 5.19. The summed E-state index contributed by atoms with van der Waals surface area (Å²) in [6.07, 6.45) is -21.7. The van der Waals surface area contributed by atoms with E-state index in [0.717, 1.165) is 12.1 Å². The molecular formula is C32H10F14N2O4. The van der Waals surface area contributed by atoms with Gasteiger partial charge in [-0.15, -0.1) is 52.7 Å². The maximum Gasteiger partial charge on any atom is 0.573 e. The summed E-state index contributed by atoms with van der Waals surface area (Å²) in [5.41, 5.74) is -5.41. The van der Waals surface area contributed by atoms with Gasteiger partial charge in [-0.05, 0) is 81.9 Å². The number of nitrogens with zero attached hydrogens (tertiary/aromatic N) is 2. The molecule has 0 heterocycles. The van der Waals surface area contributed by atoms with Crippen LogP contribution in [0.5, 0.6) is 23.0 Å². The predicted molar refractivity (Wildman–Crippen MR) is 147 cm³/mol. The van der Waals surface area contributed by atoms with E-state index in [4.69, 9.17) is 0 Å². The molecule has 0 atom stereocenters. The van der Waals surface area contributed by atoms with Gasteiger partial charge in [0.05, 0.1) is 0 Å². The standard InChI is InChI=1S/C32H10F14N2O4/c33-22-5-13(1-3-24(22)49-29(35,36)37)16-7-18-19-8-17(14-2-4-25(23(34)6-14)50-30(38,39)40)27(52-32(44,45)46)10-21(19)28(15(11-47)12-48)20(18)9-26(16)51-31(41,42)43/h1-10H. The number of ether oxygens (including phenoxy) is 4. The Hall–Kier alpha value is -6.18. The number of fused-ring (bicyclic) bond motifs is 3. The Balaban J connectivity index is 1.82. The quantitative estimate of drug-likeness (QED) is 0.127. The summed E-state index contributed by atoms with van der Waals surface area (Å²) < 4.78 is 202. The van der Waals surface area contributed by atoms with E-state index < -0.39 is 105 Å². The highest BCUT2D eigenvalue weighted by Gasteiger charge is 2.39. The normalized spacial score (nSPS) is 12.7. The van der Waals surface area contributed by atoms with Crippen LogP contribution in [0.25, 0.3) is 39.0 Å². The number of nitriles is 2. The molecule has 0 radical (unpaired) electrons. The summed E-state index contributed by atoms with van der Waals surface area (Å²) in [6, 6.07) is 8.63. The first-order valence-electron chi connectivity index (χ1n) is 13.5. The Morgan fingerprint density at radius 3 is 1.04 bits per heavy atom. The molecule has 20 heteroatoms. The lowest BCUT2D eigenvalue weighted by Gasteiger charge is -2.17. The second-order valence-electron chi connectivity index (χ2n) is 10.2. The molecule has 0 saturated heterocycles. The maximum atomic E-state index is 14.7. The van der Waals surface area contributed by atoms with E-state index in [0.29, 0.717) is 48.5 Å². The second kappa shape index (κ2) is 12.9. The van der Waals surface area contributed by atoms with Crippen LogP contribution in [0, 0.1) is 34.3 Å². The van der Waals surface area contributed by atoms with Crippen molar-refractivity contribution < 1.29 is 80.4 Å². The first-order valence-corrected chi connectivity index (χ1v) is 13.5. The Labute approximate surface area is 279 Å². The second-order valence-corrected chi connectivity index (χ2v) is 10.2. The van der Waals surface area contributed by atoms with E-state index >= 15 is 0 Å². The largest absolute Gasteiger partial charge is 0.573 e. The highest BCUT2D eigenvalue weighted by molar-refractivity contribution is 6.07. The van der Waals surface area contributed by atoms with Gasteiger partial charge in [0.25, 0.3) is 0 Å². The Morgan fingerprint density at radius 1 is 0.423 bits per heavy atom. The van der Waals surface area contributed by atoms with Crippen molar-refractivity contribution in [2.75, 3.05) is 0 Å². The number of hydrogen-bond acceptors (Lipinski definition) is 6. The van der Waals surface area contributed by atoms with Gasteiger partial charge in [0.2, 0.25) is 0 Å². The number of benzene rings is 4. The van der Waals surface area contributed by atoms with E-state index in [1.54, 1.807) is 0 Å². The molecule has 0 spiro atoms. The zero-order valence-electron chi connectivity index (χ0n) is 24.6. The third kappa shape index (κ3) is 8.06. The Bertz CT molecular complexity index is 2050. The van der Waals surface area contributed by atoms with Gasteiger partial charge in [0.1, 0.15) is 29.2 Å². The summed E-state index contributed by atoms with van der Waals surface area (Å²) in [7, 11) is 0. The lowest BCUT2D eigenvalue weighted by molar-refractivity contribution is -0.276. The summed E-state index contributed by atoms with van der Waals surface area (Å²) in [6.45, 7) is 0. The molecule has 0 amide bonds. The van der Waals surface area contributed by atoms with Gasteiger partial charge in [-0.1, -0.05) is 12.1 Å². The van der Waals surface area contributed by atoms with Gasteiger partial charge in [-0.3, -0.25) is 0 Å². The number of halogens is 14. The van der Waals surface area contributed by atoms with Gasteiger partial charge in [0.15, 0.2) is 23.1 Å². The van der Waals surface area contributed by atoms with E-state index in [9.17, 15) is 72.0 Å². The minimum Gasteiger partial charge on any atom is -0.405 e. The molecule has 5 rings (SSSR count). The van der Waals surface area contributed by atoms with Crippen molar-refractivity contribution in [2.45, 2.75) is 25.4 Å². The molecular weight excluding hydrogens is 742 g/mol. The van der Waals surface area contributed by atoms with Gasteiger partial charge >= 0.3 is 25.4 Å². The molecule has 4 aromatic rings. The third-order valence-electron chi connectivity index (χ3n) is 6.93. The van der Waals surface area contributed by atoms with Crippen LogP contribution in [0.2, 0.25) is 0 Å². The molecule has 0 saturated carbocycles. The molecule has 0 fully saturated rings. The van der Waals surface area contributed by atoms with Gasteiger partial charge < -0.3 is 18.9 Å². The average Bonchev–Trinajstić information content (AvgIpc) is 3.28. The zero-order valence-corrected chi connectivity index (χ0v) is 24.6. The fourth-order valence-corrected chi connectivity index (χ4v) is 5.19. The highest BCUT2D eigenvalue weighted by atomic mass is 19.4. The van der Waals surface area contributed by atoms with Crippen LogP contribution in [0.3, 0.4) is 0 Å². The summed E-state index contributed by atoms with van der Waals surface area (Å²) in [5.74, 6) is -8.52. The van der Waals surface area contributed by atoms with E-state index in [2.05, 4.69) is 18.9 Å². The lowest BCUT2D eigenvalue weighted by atomic mass is 9.95. The molecule has 0 aliphatic heterocycles. The van der Waals surface area contributed by atoms with Gasteiger partial charge in [-0.2, -0.15) is 10.5 Å². The van der Waals surface area contributed by atoms with Crippen LogP contribution in [-0.4, -0.2) is 25.4 Å². The Kier molecular flexibility index (Phi) is 9.17. The number of allylic oxidation sites excluding steroid dienone is 1. The number of alkyl halides is 12. The van der Waals surface area contributed by atoms with Crippen LogP contribution in [0.1, 0.15) is 11.1 Å². The van der Waals surface area contributed by atoms with E-state index in [1.165, 1.54) is 12.1 Å². The van der Waals surface area contributed by atoms with Crippen LogP contribution >= 0.6 is 0 Å². The lowest BCUT2D eigenvalue weighted by Crippen LogP contribution is -2.18. The van der Waals surface area contributed by atoms with Crippen molar-refractivity contribution >= 4 is 5.57 Å². The smallest absolute Gasteiger partial charge is 0.405 e. The Morgan fingerprint density at radius 2 is 0.750 bits per heavy atom. The molecule has 6 nitrogen and oxygen atoms in total. The average molecular weight is 752 g/mol. The van der Waals surface area contributed by atoms with Crippen molar-refractivity contribution in [3.63, 3.8) is 0 Å².